The van der Waals surface area contributed by atoms with Gasteiger partial charge in [-0.3, -0.25) is 4.79 Å². The molecule has 3 aromatic rings. The van der Waals surface area contributed by atoms with Gasteiger partial charge in [0.1, 0.15) is 0 Å². The van der Waals surface area contributed by atoms with Crippen LogP contribution in [0.5, 0.6) is 0 Å². The van der Waals surface area contributed by atoms with E-state index in [2.05, 4.69) is 58.5 Å². The molecule has 0 radical (unpaired) electrons. The summed E-state index contributed by atoms with van der Waals surface area (Å²) in [6.45, 7) is 6.46. The lowest BCUT2D eigenvalue weighted by Gasteiger charge is -2.23. The second kappa shape index (κ2) is 9.69. The predicted molar refractivity (Wildman–Crippen MR) is 110 cm³/mol. The Hall–Kier alpha value is -3.15. The largest absolute Gasteiger partial charge is 0.370 e. The lowest BCUT2D eigenvalue weighted by Crippen LogP contribution is -2.35. The number of carbonyl (C=O) groups is 1. The zero-order valence-corrected chi connectivity index (χ0v) is 16.4. The fraction of sp³-hybridized carbons (Fsp3) is 0.318. The van der Waals surface area contributed by atoms with Gasteiger partial charge >= 0.3 is 0 Å². The van der Waals surface area contributed by atoms with Crippen LogP contribution in [0.4, 0.5) is 5.69 Å². The van der Waals surface area contributed by atoms with Crippen LogP contribution in [0, 0.1) is 6.92 Å². The molecule has 1 aromatic heterocycles. The topological polar surface area (TPSA) is 71.3 Å². The Kier molecular flexibility index (Phi) is 6.78. The molecule has 1 amide bonds. The van der Waals surface area contributed by atoms with Crippen molar-refractivity contribution in [1.29, 1.82) is 0 Å². The van der Waals surface area contributed by atoms with Crippen molar-refractivity contribution in [1.82, 2.24) is 15.5 Å². The lowest BCUT2D eigenvalue weighted by atomic mass is 10.2. The van der Waals surface area contributed by atoms with Gasteiger partial charge in [0.05, 0.1) is 0 Å². The zero-order chi connectivity index (χ0) is 19.8. The number of aryl methyl sites for hydroxylation is 2. The highest BCUT2D eigenvalue weighted by atomic mass is 16.5. The maximum Gasteiger partial charge on any atom is 0.227 e. The van der Waals surface area contributed by atoms with Gasteiger partial charge in [-0.15, -0.1) is 0 Å². The smallest absolute Gasteiger partial charge is 0.227 e. The first-order valence-electron chi connectivity index (χ1n) is 9.62. The highest BCUT2D eigenvalue weighted by molar-refractivity contribution is 5.76. The normalized spacial score (nSPS) is 10.6. The molecule has 0 atom stereocenters. The van der Waals surface area contributed by atoms with Gasteiger partial charge in [-0.1, -0.05) is 47.6 Å². The number of aromatic nitrogens is 2. The minimum absolute atomic E-state index is 0.0141. The third-order valence-electron chi connectivity index (χ3n) is 4.52. The molecule has 6 heteroatoms. The van der Waals surface area contributed by atoms with Crippen molar-refractivity contribution in [2.75, 3.05) is 24.5 Å². The van der Waals surface area contributed by atoms with E-state index in [9.17, 15) is 4.79 Å². The van der Waals surface area contributed by atoms with Gasteiger partial charge in [0, 0.05) is 43.7 Å². The Balaban J connectivity index is 1.43. The zero-order valence-electron chi connectivity index (χ0n) is 16.4. The molecule has 0 spiro atoms. The summed E-state index contributed by atoms with van der Waals surface area (Å²) < 4.78 is 5.25. The summed E-state index contributed by atoms with van der Waals surface area (Å²) in [5, 5.41) is 6.95. The van der Waals surface area contributed by atoms with Crippen LogP contribution in [-0.4, -0.2) is 35.7 Å². The number of nitrogens with one attached hydrogen (secondary N) is 1. The van der Waals surface area contributed by atoms with E-state index >= 15 is 0 Å². The third kappa shape index (κ3) is 5.42. The molecule has 2 aromatic carbocycles. The van der Waals surface area contributed by atoms with Crippen molar-refractivity contribution in [3.05, 3.63) is 66.1 Å². The highest BCUT2D eigenvalue weighted by Crippen LogP contribution is 2.16. The number of hydrogen-bond donors (Lipinski definition) is 1. The Morgan fingerprint density at radius 2 is 1.96 bits per heavy atom. The van der Waals surface area contributed by atoms with Crippen molar-refractivity contribution in [3.8, 4) is 11.4 Å². The molecule has 0 bridgehead atoms. The molecule has 1 N–H and O–H groups in total. The van der Waals surface area contributed by atoms with Crippen molar-refractivity contribution >= 4 is 11.6 Å². The highest BCUT2D eigenvalue weighted by Gasteiger charge is 2.11. The van der Waals surface area contributed by atoms with Gasteiger partial charge in [0.25, 0.3) is 0 Å². The predicted octanol–water partition coefficient (Wildman–Crippen LogP) is 3.62. The second-order valence-electron chi connectivity index (χ2n) is 6.65. The molecule has 0 aliphatic heterocycles. The van der Waals surface area contributed by atoms with E-state index < -0.39 is 0 Å². The molecule has 0 saturated heterocycles. The summed E-state index contributed by atoms with van der Waals surface area (Å²) in [5.41, 5.74) is 3.31. The number of benzene rings is 2. The monoisotopic (exact) mass is 378 g/mol. The van der Waals surface area contributed by atoms with Crippen LogP contribution in [0.15, 0.2) is 59.1 Å². The first kappa shape index (κ1) is 19.6. The van der Waals surface area contributed by atoms with Crippen molar-refractivity contribution in [3.63, 3.8) is 0 Å². The molecular weight excluding hydrogens is 352 g/mol. The van der Waals surface area contributed by atoms with Crippen molar-refractivity contribution < 1.29 is 9.32 Å². The van der Waals surface area contributed by atoms with Crippen LogP contribution in [0.1, 0.15) is 24.8 Å². The van der Waals surface area contributed by atoms with Gasteiger partial charge in [-0.05, 0) is 31.5 Å². The molecule has 1 heterocycles. The van der Waals surface area contributed by atoms with Crippen LogP contribution in [0.3, 0.4) is 0 Å². The lowest BCUT2D eigenvalue weighted by molar-refractivity contribution is -0.121. The molecule has 0 fully saturated rings. The van der Waals surface area contributed by atoms with Crippen molar-refractivity contribution in [2.24, 2.45) is 0 Å². The van der Waals surface area contributed by atoms with Crippen molar-refractivity contribution in [2.45, 2.75) is 26.7 Å². The van der Waals surface area contributed by atoms with Crippen LogP contribution in [-0.2, 0) is 11.2 Å². The quantitative estimate of drug-likeness (QED) is 0.616. The van der Waals surface area contributed by atoms with Gasteiger partial charge < -0.3 is 14.7 Å². The first-order valence-corrected chi connectivity index (χ1v) is 9.62. The molecule has 0 aliphatic rings. The van der Waals surface area contributed by atoms with E-state index in [1.54, 1.807) is 0 Å². The molecule has 6 nitrogen and oxygen atoms in total. The fourth-order valence-corrected chi connectivity index (χ4v) is 2.99. The number of rotatable bonds is 9. The molecule has 0 unspecified atom stereocenters. The van der Waals surface area contributed by atoms with Gasteiger partial charge in [0.15, 0.2) is 0 Å². The maximum absolute atomic E-state index is 12.1. The second-order valence-corrected chi connectivity index (χ2v) is 6.65. The summed E-state index contributed by atoms with van der Waals surface area (Å²) in [4.78, 5) is 18.7. The van der Waals surface area contributed by atoms with E-state index in [1.807, 2.05) is 30.3 Å². The number of likely N-dealkylation sites (N-methyl/N-ethyl adjacent to an activating group) is 1. The third-order valence-corrected chi connectivity index (χ3v) is 4.52. The summed E-state index contributed by atoms with van der Waals surface area (Å²) >= 11 is 0. The number of hydrogen-bond acceptors (Lipinski definition) is 5. The van der Waals surface area contributed by atoms with Crippen LogP contribution in [0.2, 0.25) is 0 Å². The summed E-state index contributed by atoms with van der Waals surface area (Å²) in [6, 6.07) is 18.0. The van der Waals surface area contributed by atoms with Crippen LogP contribution < -0.4 is 10.2 Å². The summed E-state index contributed by atoms with van der Waals surface area (Å²) in [5.74, 6) is 1.01. The fourth-order valence-electron chi connectivity index (χ4n) is 2.99. The molecule has 28 heavy (non-hydrogen) atoms. The average Bonchev–Trinajstić information content (AvgIpc) is 3.19. The minimum Gasteiger partial charge on any atom is -0.370 e. The Bertz CT molecular complexity index is 892. The standard InChI is InChI=1S/C22H26N4O2/c1-3-26(19-11-7-8-17(2)16-19)15-14-23-20(27)12-13-21-24-22(25-28-21)18-9-5-4-6-10-18/h4-11,16H,3,12-15H2,1-2H3,(H,23,27). The van der Waals surface area contributed by atoms with E-state index in [1.165, 1.54) is 11.3 Å². The first-order chi connectivity index (χ1) is 13.7. The van der Waals surface area contributed by atoms with E-state index in [0.29, 0.717) is 31.1 Å². The number of carbonyl (C=O) groups excluding carboxylic acids is 1. The molecule has 0 saturated carbocycles. The number of amides is 1. The van der Waals surface area contributed by atoms with Gasteiger partial charge in [-0.25, -0.2) is 0 Å². The van der Waals surface area contributed by atoms with E-state index in [0.717, 1.165) is 18.7 Å². The van der Waals surface area contributed by atoms with E-state index in [-0.39, 0.29) is 5.91 Å². The van der Waals surface area contributed by atoms with Crippen LogP contribution >= 0.6 is 0 Å². The number of anilines is 1. The molecule has 0 aliphatic carbocycles. The van der Waals surface area contributed by atoms with Gasteiger partial charge in [-0.2, -0.15) is 4.98 Å². The average molecular weight is 378 g/mol. The number of nitrogens with zero attached hydrogens (tertiary/aromatic N) is 3. The Morgan fingerprint density at radius 3 is 2.71 bits per heavy atom. The van der Waals surface area contributed by atoms with Gasteiger partial charge in [0.2, 0.25) is 17.6 Å². The summed E-state index contributed by atoms with van der Waals surface area (Å²) in [7, 11) is 0. The van der Waals surface area contributed by atoms with Crippen LogP contribution in [0.25, 0.3) is 11.4 Å². The maximum atomic E-state index is 12.1. The Morgan fingerprint density at radius 1 is 1.14 bits per heavy atom. The van der Waals surface area contributed by atoms with E-state index in [4.69, 9.17) is 4.52 Å². The molecule has 146 valence electrons. The molecular formula is C22H26N4O2. The SMILES string of the molecule is CCN(CCNC(=O)CCc1nc(-c2ccccc2)no1)c1cccc(C)c1. The summed E-state index contributed by atoms with van der Waals surface area (Å²) in [6.07, 6.45) is 0.758. The Labute approximate surface area is 165 Å². The minimum atomic E-state index is -0.0141. The molecule has 3 rings (SSSR count).